The van der Waals surface area contributed by atoms with Crippen molar-refractivity contribution in [1.82, 2.24) is 0 Å². The first-order chi connectivity index (χ1) is 8.66. The number of carbonyl (C=O) groups is 1. The summed E-state index contributed by atoms with van der Waals surface area (Å²) in [6.45, 7) is 0. The van der Waals surface area contributed by atoms with Gasteiger partial charge in [0.05, 0.1) is 5.92 Å². The van der Waals surface area contributed by atoms with Gasteiger partial charge in [-0.25, -0.2) is 4.39 Å². The molecule has 2 aromatic rings. The van der Waals surface area contributed by atoms with E-state index in [-0.39, 0.29) is 5.82 Å². The Morgan fingerprint density at radius 3 is 2.44 bits per heavy atom. The first kappa shape index (κ1) is 12.8. The lowest BCUT2D eigenvalue weighted by molar-refractivity contribution is -0.113. The zero-order valence-corrected chi connectivity index (χ0v) is 10.4. The van der Waals surface area contributed by atoms with Crippen LogP contribution in [0.1, 0.15) is 17.0 Å². The van der Waals surface area contributed by atoms with Crippen molar-refractivity contribution < 1.29 is 9.18 Å². The molecule has 18 heavy (non-hydrogen) atoms. The number of carbonyl (C=O) groups excluding carboxylic acids is 1. The van der Waals surface area contributed by atoms with Crippen LogP contribution >= 0.6 is 11.6 Å². The molecule has 0 saturated carbocycles. The average molecular weight is 263 g/mol. The normalized spacial score (nSPS) is 12.1. The summed E-state index contributed by atoms with van der Waals surface area (Å²) in [5.74, 6) is -0.867. The largest absolute Gasteiger partial charge is 0.281 e. The molecule has 0 amide bonds. The molecule has 0 aliphatic carbocycles. The summed E-state index contributed by atoms with van der Waals surface area (Å²) in [7, 11) is 0. The van der Waals surface area contributed by atoms with Crippen LogP contribution in [0.4, 0.5) is 4.39 Å². The van der Waals surface area contributed by atoms with E-state index in [2.05, 4.69) is 0 Å². The van der Waals surface area contributed by atoms with Crippen LogP contribution in [0.15, 0.2) is 54.6 Å². The van der Waals surface area contributed by atoms with E-state index in [9.17, 15) is 9.18 Å². The summed E-state index contributed by atoms with van der Waals surface area (Å²) in [5.41, 5.74) is 1.61. The van der Waals surface area contributed by atoms with Gasteiger partial charge >= 0.3 is 0 Å². The predicted molar refractivity (Wildman–Crippen MR) is 70.1 cm³/mol. The van der Waals surface area contributed by atoms with Crippen molar-refractivity contribution in [3.05, 3.63) is 71.5 Å². The Balaban J connectivity index is 2.27. The van der Waals surface area contributed by atoms with E-state index in [0.29, 0.717) is 12.0 Å². The molecule has 0 aliphatic heterocycles. The fourth-order valence-electron chi connectivity index (χ4n) is 1.90. The Morgan fingerprint density at radius 2 is 1.83 bits per heavy atom. The lowest BCUT2D eigenvalue weighted by atomic mass is 9.93. The molecule has 92 valence electrons. The van der Waals surface area contributed by atoms with E-state index in [4.69, 9.17) is 11.6 Å². The highest BCUT2D eigenvalue weighted by Crippen LogP contribution is 2.24. The molecule has 3 heteroatoms. The van der Waals surface area contributed by atoms with Gasteiger partial charge in [-0.15, -0.1) is 0 Å². The lowest BCUT2D eigenvalue weighted by Crippen LogP contribution is -2.10. The Morgan fingerprint density at radius 1 is 1.11 bits per heavy atom. The molecular formula is C15H12ClFO. The van der Waals surface area contributed by atoms with Crippen LogP contribution in [-0.2, 0) is 11.2 Å². The lowest BCUT2D eigenvalue weighted by Gasteiger charge is -2.13. The van der Waals surface area contributed by atoms with Crippen molar-refractivity contribution in [2.24, 2.45) is 0 Å². The summed E-state index contributed by atoms with van der Waals surface area (Å²) < 4.78 is 13.2. The first-order valence-corrected chi connectivity index (χ1v) is 6.03. The summed E-state index contributed by atoms with van der Waals surface area (Å²) in [6, 6.07) is 15.6. The zero-order chi connectivity index (χ0) is 13.0. The third-order valence-electron chi connectivity index (χ3n) is 2.81. The van der Waals surface area contributed by atoms with Gasteiger partial charge in [0.1, 0.15) is 5.82 Å². The second-order valence-corrected chi connectivity index (χ2v) is 4.47. The molecule has 1 unspecified atom stereocenters. The maximum atomic E-state index is 13.2. The Bertz CT molecular complexity index is 539. The minimum Gasteiger partial charge on any atom is -0.281 e. The smallest absolute Gasteiger partial charge is 0.229 e. The Labute approximate surface area is 110 Å². The molecule has 1 atom stereocenters. The molecule has 1 nitrogen and oxygen atoms in total. The zero-order valence-electron chi connectivity index (χ0n) is 9.64. The van der Waals surface area contributed by atoms with Crippen LogP contribution in [0.3, 0.4) is 0 Å². The summed E-state index contributed by atoms with van der Waals surface area (Å²) >= 11 is 5.62. The predicted octanol–water partition coefficient (Wildman–Crippen LogP) is 3.92. The van der Waals surface area contributed by atoms with E-state index in [0.717, 1.165) is 5.56 Å². The van der Waals surface area contributed by atoms with Gasteiger partial charge < -0.3 is 0 Å². The van der Waals surface area contributed by atoms with Gasteiger partial charge in [-0.1, -0.05) is 42.5 Å². The minimum absolute atomic E-state index is 0.358. The van der Waals surface area contributed by atoms with E-state index in [1.165, 1.54) is 12.1 Å². The van der Waals surface area contributed by atoms with Crippen molar-refractivity contribution in [1.29, 1.82) is 0 Å². The van der Waals surface area contributed by atoms with Gasteiger partial charge in [-0.05, 0) is 41.3 Å². The molecule has 2 rings (SSSR count). The second-order valence-electron chi connectivity index (χ2n) is 4.10. The topological polar surface area (TPSA) is 17.1 Å². The highest BCUT2D eigenvalue weighted by molar-refractivity contribution is 6.64. The van der Waals surface area contributed by atoms with Crippen molar-refractivity contribution >= 4 is 16.8 Å². The standard InChI is InChI=1S/C15H12ClFO/c16-15(18)14(9-11-5-2-1-3-6-11)12-7-4-8-13(17)10-12/h1-8,10,14H,9H2. The molecule has 0 aliphatic rings. The molecule has 0 fully saturated rings. The molecule has 0 bridgehead atoms. The van der Waals surface area contributed by atoms with Crippen LogP contribution in [0.5, 0.6) is 0 Å². The Hall–Kier alpha value is -1.67. The third kappa shape index (κ3) is 3.17. The van der Waals surface area contributed by atoms with Crippen LogP contribution in [0.25, 0.3) is 0 Å². The van der Waals surface area contributed by atoms with Crippen molar-refractivity contribution in [3.8, 4) is 0 Å². The highest BCUT2D eigenvalue weighted by Gasteiger charge is 2.19. The average Bonchev–Trinajstić information content (AvgIpc) is 2.37. The van der Waals surface area contributed by atoms with Crippen LogP contribution in [-0.4, -0.2) is 5.24 Å². The molecule has 0 N–H and O–H groups in total. The van der Waals surface area contributed by atoms with Crippen molar-refractivity contribution in [2.75, 3.05) is 0 Å². The van der Waals surface area contributed by atoms with Gasteiger partial charge in [-0.2, -0.15) is 0 Å². The first-order valence-electron chi connectivity index (χ1n) is 5.65. The number of rotatable bonds is 4. The number of benzene rings is 2. The molecular weight excluding hydrogens is 251 g/mol. The van der Waals surface area contributed by atoms with Crippen molar-refractivity contribution in [3.63, 3.8) is 0 Å². The quantitative estimate of drug-likeness (QED) is 0.764. The van der Waals surface area contributed by atoms with Gasteiger partial charge in [0.15, 0.2) is 0 Å². The van der Waals surface area contributed by atoms with E-state index in [1.54, 1.807) is 12.1 Å². The molecule has 0 saturated heterocycles. The maximum Gasteiger partial charge on any atom is 0.229 e. The van der Waals surface area contributed by atoms with Crippen LogP contribution in [0, 0.1) is 5.82 Å². The number of halogens is 2. The summed E-state index contributed by atoms with van der Waals surface area (Å²) in [6.07, 6.45) is 0.479. The third-order valence-corrected chi connectivity index (χ3v) is 3.07. The summed E-state index contributed by atoms with van der Waals surface area (Å²) in [5, 5.41) is -0.468. The van der Waals surface area contributed by atoms with Gasteiger partial charge in [0, 0.05) is 0 Å². The number of hydrogen-bond acceptors (Lipinski definition) is 1. The maximum absolute atomic E-state index is 13.2. The van der Waals surface area contributed by atoms with E-state index >= 15 is 0 Å². The fraction of sp³-hybridized carbons (Fsp3) is 0.133. The summed E-state index contributed by atoms with van der Waals surface area (Å²) in [4.78, 5) is 11.5. The van der Waals surface area contributed by atoms with Gasteiger partial charge in [0.25, 0.3) is 0 Å². The van der Waals surface area contributed by atoms with Crippen LogP contribution < -0.4 is 0 Å². The van der Waals surface area contributed by atoms with E-state index in [1.807, 2.05) is 30.3 Å². The van der Waals surface area contributed by atoms with Crippen LogP contribution in [0.2, 0.25) is 0 Å². The highest BCUT2D eigenvalue weighted by atomic mass is 35.5. The monoisotopic (exact) mass is 262 g/mol. The molecule has 0 radical (unpaired) electrons. The molecule has 2 aromatic carbocycles. The molecule has 0 aromatic heterocycles. The molecule has 0 spiro atoms. The van der Waals surface area contributed by atoms with Gasteiger partial charge in [0.2, 0.25) is 5.24 Å². The fourth-order valence-corrected chi connectivity index (χ4v) is 2.11. The second kappa shape index (κ2) is 5.78. The van der Waals surface area contributed by atoms with E-state index < -0.39 is 11.2 Å². The minimum atomic E-state index is -0.509. The van der Waals surface area contributed by atoms with Gasteiger partial charge in [-0.3, -0.25) is 4.79 Å². The molecule has 0 heterocycles. The Kier molecular flexibility index (Phi) is 4.11. The SMILES string of the molecule is O=C(Cl)C(Cc1ccccc1)c1cccc(F)c1. The van der Waals surface area contributed by atoms with Crippen molar-refractivity contribution in [2.45, 2.75) is 12.3 Å². The number of hydrogen-bond donors (Lipinski definition) is 0.